The molecule has 0 N–H and O–H groups in total. The number of hydrogen-bond donors (Lipinski definition) is 0. The Labute approximate surface area is 183 Å². The summed E-state index contributed by atoms with van der Waals surface area (Å²) in [5.41, 5.74) is 0. The average molecular weight is 442 g/mol. The van der Waals surface area contributed by atoms with Crippen molar-refractivity contribution in [3.05, 3.63) is 60.5 Å². The van der Waals surface area contributed by atoms with Gasteiger partial charge in [0, 0.05) is 38.3 Å². The normalized spacial score (nSPS) is 14.1. The largest absolute Gasteiger partial charge is 0.465 e. The third-order valence-corrected chi connectivity index (χ3v) is 4.51. The van der Waals surface area contributed by atoms with E-state index in [4.69, 9.17) is 18.3 Å². The quantitative estimate of drug-likeness (QED) is 0.444. The van der Waals surface area contributed by atoms with E-state index in [0.29, 0.717) is 11.5 Å². The predicted octanol–water partition coefficient (Wildman–Crippen LogP) is 1.36. The van der Waals surface area contributed by atoms with Gasteiger partial charge in [-0.25, -0.2) is 9.59 Å². The SMILES string of the molecule is O=C(/C=C/c1ccco1)OCC(=O)N1CCN(C(=O)COC(=O)/C=C/c2ccco2)CC1. The first-order valence-corrected chi connectivity index (χ1v) is 9.83. The van der Waals surface area contributed by atoms with Crippen LogP contribution < -0.4 is 0 Å². The summed E-state index contributed by atoms with van der Waals surface area (Å²) >= 11 is 0. The van der Waals surface area contributed by atoms with E-state index in [1.165, 1.54) is 46.6 Å². The Kier molecular flexibility index (Phi) is 8.02. The Morgan fingerprint density at radius 3 is 1.50 bits per heavy atom. The molecular weight excluding hydrogens is 420 g/mol. The molecule has 0 spiro atoms. The molecule has 1 fully saturated rings. The first kappa shape index (κ1) is 22.6. The average Bonchev–Trinajstić information content (AvgIpc) is 3.52. The van der Waals surface area contributed by atoms with Gasteiger partial charge in [0.15, 0.2) is 13.2 Å². The first-order chi connectivity index (χ1) is 15.5. The number of esters is 2. The Morgan fingerprint density at radius 2 is 1.16 bits per heavy atom. The second kappa shape index (κ2) is 11.3. The van der Waals surface area contributed by atoms with Gasteiger partial charge in [-0.3, -0.25) is 9.59 Å². The molecule has 10 heteroatoms. The summed E-state index contributed by atoms with van der Waals surface area (Å²) in [6.07, 6.45) is 8.18. The molecule has 2 aromatic rings. The van der Waals surface area contributed by atoms with E-state index < -0.39 is 25.2 Å². The molecule has 168 valence electrons. The summed E-state index contributed by atoms with van der Waals surface area (Å²) in [4.78, 5) is 50.8. The molecule has 32 heavy (non-hydrogen) atoms. The highest BCUT2D eigenvalue weighted by Gasteiger charge is 2.25. The summed E-state index contributed by atoms with van der Waals surface area (Å²) in [6.45, 7) is 0.366. The van der Waals surface area contributed by atoms with Gasteiger partial charge in [-0.1, -0.05) is 0 Å². The third kappa shape index (κ3) is 7.01. The minimum absolute atomic E-state index is 0.288. The van der Waals surface area contributed by atoms with Crippen LogP contribution in [0.15, 0.2) is 57.8 Å². The summed E-state index contributed by atoms with van der Waals surface area (Å²) < 4.78 is 20.0. The fourth-order valence-corrected chi connectivity index (χ4v) is 2.82. The second-order valence-corrected chi connectivity index (χ2v) is 6.67. The molecule has 10 nitrogen and oxygen atoms in total. The maximum Gasteiger partial charge on any atom is 0.331 e. The van der Waals surface area contributed by atoms with Crippen LogP contribution in [0.4, 0.5) is 0 Å². The van der Waals surface area contributed by atoms with E-state index in [-0.39, 0.29) is 38.0 Å². The molecule has 0 radical (unpaired) electrons. The molecular formula is C22H22N2O8. The Morgan fingerprint density at radius 1 is 0.750 bits per heavy atom. The topological polar surface area (TPSA) is 120 Å². The summed E-state index contributed by atoms with van der Waals surface area (Å²) in [5.74, 6) is -1.04. The van der Waals surface area contributed by atoms with Crippen LogP contribution in [0.25, 0.3) is 12.2 Å². The van der Waals surface area contributed by atoms with E-state index in [2.05, 4.69) is 0 Å². The van der Waals surface area contributed by atoms with E-state index in [0.717, 1.165) is 0 Å². The summed E-state index contributed by atoms with van der Waals surface area (Å²) in [7, 11) is 0. The van der Waals surface area contributed by atoms with Crippen LogP contribution in [0.2, 0.25) is 0 Å². The molecule has 0 aliphatic carbocycles. The van der Waals surface area contributed by atoms with Crippen molar-refractivity contribution in [3.63, 3.8) is 0 Å². The molecule has 1 aliphatic heterocycles. The lowest BCUT2D eigenvalue weighted by atomic mass is 10.3. The van der Waals surface area contributed by atoms with Crippen LogP contribution in [-0.4, -0.2) is 72.9 Å². The number of ether oxygens (including phenoxy) is 2. The number of nitrogens with zero attached hydrogens (tertiary/aromatic N) is 2. The predicted molar refractivity (Wildman–Crippen MR) is 111 cm³/mol. The maximum atomic E-state index is 12.2. The molecule has 3 heterocycles. The van der Waals surface area contributed by atoms with Crippen molar-refractivity contribution in [2.24, 2.45) is 0 Å². The van der Waals surface area contributed by atoms with Crippen molar-refractivity contribution in [2.45, 2.75) is 0 Å². The molecule has 2 amide bonds. The van der Waals surface area contributed by atoms with E-state index in [1.54, 1.807) is 24.3 Å². The number of carbonyl (C=O) groups excluding carboxylic acids is 4. The molecule has 0 aromatic carbocycles. The smallest absolute Gasteiger partial charge is 0.331 e. The number of amides is 2. The highest BCUT2D eigenvalue weighted by Crippen LogP contribution is 2.06. The Bertz CT molecular complexity index is 888. The van der Waals surface area contributed by atoms with Crippen LogP contribution >= 0.6 is 0 Å². The molecule has 1 saturated heterocycles. The Hall–Kier alpha value is -4.08. The van der Waals surface area contributed by atoms with Crippen LogP contribution in [0, 0.1) is 0 Å². The highest BCUT2D eigenvalue weighted by molar-refractivity contribution is 5.90. The van der Waals surface area contributed by atoms with Gasteiger partial charge in [0.25, 0.3) is 11.8 Å². The van der Waals surface area contributed by atoms with Crippen molar-refractivity contribution < 1.29 is 37.5 Å². The van der Waals surface area contributed by atoms with Crippen molar-refractivity contribution >= 4 is 35.9 Å². The molecule has 1 aliphatic rings. The van der Waals surface area contributed by atoms with Crippen molar-refractivity contribution in [1.29, 1.82) is 0 Å². The number of hydrogen-bond acceptors (Lipinski definition) is 8. The van der Waals surface area contributed by atoms with Crippen molar-refractivity contribution in [2.75, 3.05) is 39.4 Å². The zero-order valence-corrected chi connectivity index (χ0v) is 17.2. The van der Waals surface area contributed by atoms with E-state index >= 15 is 0 Å². The molecule has 2 aromatic heterocycles. The monoisotopic (exact) mass is 442 g/mol. The zero-order chi connectivity index (χ0) is 22.8. The van der Waals surface area contributed by atoms with Gasteiger partial charge in [-0.2, -0.15) is 0 Å². The first-order valence-electron chi connectivity index (χ1n) is 9.83. The van der Waals surface area contributed by atoms with Gasteiger partial charge in [0.1, 0.15) is 11.5 Å². The van der Waals surface area contributed by atoms with Gasteiger partial charge >= 0.3 is 11.9 Å². The van der Waals surface area contributed by atoms with Crippen LogP contribution in [-0.2, 0) is 28.7 Å². The molecule has 0 bridgehead atoms. The minimum atomic E-state index is -0.661. The van der Waals surface area contributed by atoms with Crippen LogP contribution in [0.3, 0.4) is 0 Å². The lowest BCUT2D eigenvalue weighted by molar-refractivity contribution is -0.152. The summed E-state index contributed by atoms with van der Waals surface area (Å²) in [6, 6.07) is 6.72. The fraction of sp³-hybridized carbons (Fsp3) is 0.273. The molecule has 0 saturated carbocycles. The van der Waals surface area contributed by atoms with Crippen LogP contribution in [0.1, 0.15) is 11.5 Å². The van der Waals surface area contributed by atoms with E-state index in [9.17, 15) is 19.2 Å². The molecule has 0 atom stereocenters. The van der Waals surface area contributed by atoms with Gasteiger partial charge in [0.2, 0.25) is 0 Å². The van der Waals surface area contributed by atoms with Gasteiger partial charge in [0.05, 0.1) is 12.5 Å². The third-order valence-electron chi connectivity index (χ3n) is 4.51. The molecule has 0 unspecified atom stereocenters. The number of carbonyl (C=O) groups is 4. The van der Waals surface area contributed by atoms with Gasteiger partial charge in [-0.15, -0.1) is 0 Å². The zero-order valence-electron chi connectivity index (χ0n) is 17.2. The molecule has 3 rings (SSSR count). The number of furan rings is 2. The van der Waals surface area contributed by atoms with Crippen molar-refractivity contribution in [1.82, 2.24) is 9.80 Å². The van der Waals surface area contributed by atoms with Gasteiger partial charge in [-0.05, 0) is 36.4 Å². The number of piperazine rings is 1. The number of rotatable bonds is 8. The summed E-state index contributed by atoms with van der Waals surface area (Å²) in [5, 5.41) is 0. The highest BCUT2D eigenvalue weighted by atomic mass is 16.5. The van der Waals surface area contributed by atoms with E-state index in [1.807, 2.05) is 0 Å². The minimum Gasteiger partial charge on any atom is -0.465 e. The Balaban J connectivity index is 1.33. The van der Waals surface area contributed by atoms with Crippen LogP contribution in [0.5, 0.6) is 0 Å². The van der Waals surface area contributed by atoms with Crippen molar-refractivity contribution in [3.8, 4) is 0 Å². The lowest BCUT2D eigenvalue weighted by Crippen LogP contribution is -2.52. The maximum absolute atomic E-state index is 12.2. The van der Waals surface area contributed by atoms with Gasteiger partial charge < -0.3 is 28.1 Å². The lowest BCUT2D eigenvalue weighted by Gasteiger charge is -2.34. The fourth-order valence-electron chi connectivity index (χ4n) is 2.82. The second-order valence-electron chi connectivity index (χ2n) is 6.67. The standard InChI is InChI=1S/C22H22N2O8/c25-19(15-31-21(27)7-5-17-3-1-13-29-17)23-9-11-24(12-10-23)20(26)16-32-22(28)8-6-18-4-2-14-30-18/h1-8,13-14H,9-12,15-16H2/b7-5+,8-6+.